The first-order chi connectivity index (χ1) is 6.15. The number of hydrogen-bond donors (Lipinski definition) is 0. The number of benzene rings is 1. The van der Waals surface area contributed by atoms with Gasteiger partial charge in [0.1, 0.15) is 17.5 Å². The molecule has 0 N–H and O–H groups in total. The average molecular weight is 186 g/mol. The molecule has 0 bridgehead atoms. The maximum Gasteiger partial charge on any atom is 0.136 e. The molecule has 0 unspecified atom stereocenters. The molecule has 0 heterocycles. The summed E-state index contributed by atoms with van der Waals surface area (Å²) in [5.74, 6) is -2.65. The van der Waals surface area contributed by atoms with Gasteiger partial charge >= 0.3 is 0 Å². The fourth-order valence-corrected chi connectivity index (χ4v) is 0.948. The predicted molar refractivity (Wildman–Crippen MR) is 45.6 cm³/mol. The van der Waals surface area contributed by atoms with Gasteiger partial charge in [-0.3, -0.25) is 0 Å². The molecule has 0 aliphatic carbocycles. The zero-order valence-corrected chi connectivity index (χ0v) is 7.15. The molecule has 3 heteroatoms. The lowest BCUT2D eigenvalue weighted by Crippen LogP contribution is -1.90. The van der Waals surface area contributed by atoms with Crippen molar-refractivity contribution in [2.45, 2.75) is 13.3 Å². The highest BCUT2D eigenvalue weighted by Crippen LogP contribution is 2.16. The summed E-state index contributed by atoms with van der Waals surface area (Å²) in [5.41, 5.74) is -0.191. The Morgan fingerprint density at radius 2 is 1.69 bits per heavy atom. The van der Waals surface area contributed by atoms with E-state index in [1.807, 2.05) is 6.92 Å². The molecule has 0 atom stereocenters. The minimum Gasteiger partial charge on any atom is -0.207 e. The summed E-state index contributed by atoms with van der Waals surface area (Å²) in [6, 6.07) is 1.33. The Bertz CT molecular complexity index is 306. The smallest absolute Gasteiger partial charge is 0.136 e. The van der Waals surface area contributed by atoms with E-state index < -0.39 is 17.5 Å². The van der Waals surface area contributed by atoms with Gasteiger partial charge in [-0.2, -0.15) is 0 Å². The lowest BCUT2D eigenvalue weighted by atomic mass is 10.1. The lowest BCUT2D eigenvalue weighted by Gasteiger charge is -1.98. The van der Waals surface area contributed by atoms with Crippen LogP contribution in [-0.2, 0) is 0 Å². The third-order valence-corrected chi connectivity index (χ3v) is 1.56. The number of allylic oxidation sites excluding steroid dienone is 1. The average Bonchev–Trinajstić information content (AvgIpc) is 2.02. The second-order valence-corrected chi connectivity index (χ2v) is 2.59. The largest absolute Gasteiger partial charge is 0.207 e. The van der Waals surface area contributed by atoms with E-state index in [9.17, 15) is 13.2 Å². The summed E-state index contributed by atoms with van der Waals surface area (Å²) in [4.78, 5) is 0. The fourth-order valence-electron chi connectivity index (χ4n) is 0.948. The normalized spacial score (nSPS) is 11.1. The topological polar surface area (TPSA) is 0 Å². The van der Waals surface area contributed by atoms with E-state index in [0.717, 1.165) is 0 Å². The minimum atomic E-state index is -0.899. The van der Waals surface area contributed by atoms with Crippen molar-refractivity contribution >= 4 is 6.08 Å². The van der Waals surface area contributed by atoms with Crippen molar-refractivity contribution in [2.75, 3.05) is 0 Å². The van der Waals surface area contributed by atoms with E-state index in [2.05, 4.69) is 0 Å². The van der Waals surface area contributed by atoms with Crippen LogP contribution in [0.4, 0.5) is 13.2 Å². The highest BCUT2D eigenvalue weighted by Gasteiger charge is 2.07. The van der Waals surface area contributed by atoms with Gasteiger partial charge in [-0.25, -0.2) is 13.2 Å². The van der Waals surface area contributed by atoms with Crippen LogP contribution in [0.3, 0.4) is 0 Å². The molecule has 1 rings (SSSR count). The Balaban J connectivity index is 3.13. The van der Waals surface area contributed by atoms with E-state index >= 15 is 0 Å². The molecule has 13 heavy (non-hydrogen) atoms. The van der Waals surface area contributed by atoms with Crippen LogP contribution < -0.4 is 0 Å². The summed E-state index contributed by atoms with van der Waals surface area (Å²) < 4.78 is 38.2. The van der Waals surface area contributed by atoms with Gasteiger partial charge in [-0.1, -0.05) is 19.1 Å². The molecule has 0 spiro atoms. The van der Waals surface area contributed by atoms with Gasteiger partial charge in [0.2, 0.25) is 0 Å². The van der Waals surface area contributed by atoms with Crippen LogP contribution >= 0.6 is 0 Å². The van der Waals surface area contributed by atoms with Gasteiger partial charge in [0.05, 0.1) is 0 Å². The molecule has 1 aromatic rings. The molecule has 1 aromatic carbocycles. The first-order valence-electron chi connectivity index (χ1n) is 3.96. The molecule has 0 aliphatic rings. The number of halogens is 3. The minimum absolute atomic E-state index is 0.191. The van der Waals surface area contributed by atoms with Crippen molar-refractivity contribution in [3.63, 3.8) is 0 Å². The van der Waals surface area contributed by atoms with Crippen LogP contribution in [0.1, 0.15) is 18.9 Å². The molecule has 0 fully saturated rings. The molecule has 0 saturated carbocycles. The van der Waals surface area contributed by atoms with Gasteiger partial charge in [0.25, 0.3) is 0 Å². The van der Waals surface area contributed by atoms with Crippen molar-refractivity contribution in [3.05, 3.63) is 41.2 Å². The molecule has 0 aliphatic heterocycles. The molecule has 70 valence electrons. The molecule has 0 radical (unpaired) electrons. The van der Waals surface area contributed by atoms with E-state index in [0.29, 0.717) is 18.6 Å². The Morgan fingerprint density at radius 3 is 2.15 bits per heavy atom. The van der Waals surface area contributed by atoms with Crippen LogP contribution in [0, 0.1) is 17.5 Å². The Hall–Kier alpha value is -1.25. The maximum absolute atomic E-state index is 12.9. The van der Waals surface area contributed by atoms with Gasteiger partial charge < -0.3 is 0 Å². The maximum atomic E-state index is 12.9. The summed E-state index contributed by atoms with van der Waals surface area (Å²) in [7, 11) is 0. The molecule has 0 nitrogen and oxygen atoms in total. The van der Waals surface area contributed by atoms with Gasteiger partial charge in [-0.05, 0) is 6.42 Å². The predicted octanol–water partition coefficient (Wildman–Crippen LogP) is 3.53. The molecular weight excluding hydrogens is 177 g/mol. The third kappa shape index (κ3) is 2.34. The van der Waals surface area contributed by atoms with E-state index in [1.165, 1.54) is 6.08 Å². The molecular formula is C10H9F3. The first kappa shape index (κ1) is 9.84. The number of hydrogen-bond acceptors (Lipinski definition) is 0. The SMILES string of the molecule is CCC=Cc1c(F)cc(F)cc1F. The standard InChI is InChI=1S/C10H9F3/c1-2-3-4-8-9(12)5-7(11)6-10(8)13/h3-6H,2H2,1H3. The van der Waals surface area contributed by atoms with E-state index in [4.69, 9.17) is 0 Å². The zero-order chi connectivity index (χ0) is 9.84. The highest BCUT2D eigenvalue weighted by atomic mass is 19.1. The van der Waals surface area contributed by atoms with Crippen molar-refractivity contribution in [1.29, 1.82) is 0 Å². The van der Waals surface area contributed by atoms with Crippen molar-refractivity contribution in [3.8, 4) is 0 Å². The lowest BCUT2D eigenvalue weighted by molar-refractivity contribution is 0.540. The van der Waals surface area contributed by atoms with Crippen LogP contribution in [0.25, 0.3) is 6.08 Å². The van der Waals surface area contributed by atoms with Crippen LogP contribution in [0.15, 0.2) is 18.2 Å². The van der Waals surface area contributed by atoms with Gasteiger partial charge in [0.15, 0.2) is 0 Å². The summed E-state index contributed by atoms with van der Waals surface area (Å²) in [6.45, 7) is 1.84. The molecule has 0 amide bonds. The number of rotatable bonds is 2. The second-order valence-electron chi connectivity index (χ2n) is 2.59. The Kier molecular flexibility index (Phi) is 3.12. The Morgan fingerprint density at radius 1 is 1.15 bits per heavy atom. The Labute approximate surface area is 74.7 Å². The summed E-state index contributed by atoms with van der Waals surface area (Å²) in [6.07, 6.45) is 3.60. The van der Waals surface area contributed by atoms with Crippen molar-refractivity contribution < 1.29 is 13.2 Å². The monoisotopic (exact) mass is 186 g/mol. The summed E-state index contributed by atoms with van der Waals surface area (Å²) >= 11 is 0. The second kappa shape index (κ2) is 4.12. The van der Waals surface area contributed by atoms with Crippen LogP contribution in [-0.4, -0.2) is 0 Å². The van der Waals surface area contributed by atoms with Gasteiger partial charge in [-0.15, -0.1) is 0 Å². The first-order valence-corrected chi connectivity index (χ1v) is 3.96. The molecule has 0 aromatic heterocycles. The van der Waals surface area contributed by atoms with Crippen molar-refractivity contribution in [2.24, 2.45) is 0 Å². The zero-order valence-electron chi connectivity index (χ0n) is 7.15. The van der Waals surface area contributed by atoms with E-state index in [-0.39, 0.29) is 5.56 Å². The fraction of sp³-hybridized carbons (Fsp3) is 0.200. The summed E-state index contributed by atoms with van der Waals surface area (Å²) in [5, 5.41) is 0. The third-order valence-electron chi connectivity index (χ3n) is 1.56. The molecule has 0 saturated heterocycles. The van der Waals surface area contributed by atoms with Crippen molar-refractivity contribution in [1.82, 2.24) is 0 Å². The van der Waals surface area contributed by atoms with Gasteiger partial charge in [0, 0.05) is 17.7 Å². The van der Waals surface area contributed by atoms with E-state index in [1.54, 1.807) is 6.08 Å². The highest BCUT2D eigenvalue weighted by molar-refractivity contribution is 5.50. The quantitative estimate of drug-likeness (QED) is 0.662. The van der Waals surface area contributed by atoms with Crippen LogP contribution in [0.5, 0.6) is 0 Å². The van der Waals surface area contributed by atoms with Crippen LogP contribution in [0.2, 0.25) is 0 Å².